The van der Waals surface area contributed by atoms with Crippen molar-refractivity contribution in [3.05, 3.63) is 28.6 Å². The number of alkyl halides is 1. The predicted octanol–water partition coefficient (Wildman–Crippen LogP) is 1.00. The smallest absolute Gasteiger partial charge is 0.278 e. The summed E-state index contributed by atoms with van der Waals surface area (Å²) < 4.78 is 13.4. The van der Waals surface area contributed by atoms with Crippen LogP contribution in [0.25, 0.3) is 11.2 Å². The summed E-state index contributed by atoms with van der Waals surface area (Å²) in [5, 5.41) is 0. The lowest BCUT2D eigenvalue weighted by atomic mass is 10.1. The Morgan fingerprint density at radius 1 is 1.44 bits per heavy atom. The van der Waals surface area contributed by atoms with E-state index in [0.29, 0.717) is 5.69 Å². The summed E-state index contributed by atoms with van der Waals surface area (Å²) in [7, 11) is 0. The summed E-state index contributed by atoms with van der Waals surface area (Å²) >= 11 is 0. The van der Waals surface area contributed by atoms with Crippen LogP contribution in [0.5, 0.6) is 0 Å². The van der Waals surface area contributed by atoms with Crippen LogP contribution in [0.3, 0.4) is 0 Å². The van der Waals surface area contributed by atoms with E-state index in [0.717, 1.165) is 0 Å². The lowest BCUT2D eigenvalue weighted by Gasteiger charge is -2.12. The van der Waals surface area contributed by atoms with Crippen molar-refractivity contribution in [1.29, 1.82) is 0 Å². The van der Waals surface area contributed by atoms with Crippen LogP contribution in [-0.2, 0) is 6.42 Å². The number of rotatable bonds is 2. The Morgan fingerprint density at radius 2 is 2.19 bits per heavy atom. The maximum atomic E-state index is 13.4. The van der Waals surface area contributed by atoms with Crippen LogP contribution in [0.1, 0.15) is 19.5 Å². The van der Waals surface area contributed by atoms with Crippen molar-refractivity contribution < 1.29 is 4.39 Å². The second kappa shape index (κ2) is 3.62. The Labute approximate surface area is 90.8 Å². The van der Waals surface area contributed by atoms with Crippen LogP contribution in [0.4, 0.5) is 4.39 Å². The minimum atomic E-state index is -1.38. The van der Waals surface area contributed by atoms with E-state index >= 15 is 0 Å². The van der Waals surface area contributed by atoms with E-state index in [1.807, 2.05) is 0 Å². The molecular weight excluding hydrogens is 211 g/mol. The molecule has 2 aromatic rings. The van der Waals surface area contributed by atoms with Gasteiger partial charge < -0.3 is 4.98 Å². The SMILES string of the molecule is CC(C)(F)Cc1cnc2nc[nH]c(=O)c2n1. The lowest BCUT2D eigenvalue weighted by Crippen LogP contribution is -2.18. The van der Waals surface area contributed by atoms with Gasteiger partial charge in [0.05, 0.1) is 18.2 Å². The number of nitrogens with one attached hydrogen (secondary N) is 1. The Bertz CT molecular complexity index is 573. The summed E-state index contributed by atoms with van der Waals surface area (Å²) in [6.07, 6.45) is 2.82. The quantitative estimate of drug-likeness (QED) is 0.822. The molecule has 0 aliphatic heterocycles. The highest BCUT2D eigenvalue weighted by Crippen LogP contribution is 2.15. The fraction of sp³-hybridized carbons (Fsp3) is 0.400. The molecule has 0 unspecified atom stereocenters. The molecule has 0 spiro atoms. The number of aromatic amines is 1. The number of aromatic nitrogens is 4. The molecule has 0 aliphatic rings. The highest BCUT2D eigenvalue weighted by molar-refractivity contribution is 5.67. The van der Waals surface area contributed by atoms with Crippen molar-refractivity contribution >= 4 is 11.2 Å². The topological polar surface area (TPSA) is 71.5 Å². The van der Waals surface area contributed by atoms with Gasteiger partial charge in [-0.15, -0.1) is 0 Å². The predicted molar refractivity (Wildman–Crippen MR) is 56.8 cm³/mol. The Hall–Kier alpha value is -1.85. The van der Waals surface area contributed by atoms with Crippen LogP contribution in [0, 0.1) is 0 Å². The molecule has 0 amide bonds. The van der Waals surface area contributed by atoms with Crippen LogP contribution < -0.4 is 5.56 Å². The normalized spacial score (nSPS) is 11.9. The Kier molecular flexibility index (Phi) is 2.41. The summed E-state index contributed by atoms with van der Waals surface area (Å²) in [5.74, 6) is 0. The lowest BCUT2D eigenvalue weighted by molar-refractivity contribution is 0.215. The molecule has 0 bridgehead atoms. The van der Waals surface area contributed by atoms with Crippen LogP contribution in [0.2, 0.25) is 0 Å². The number of halogens is 1. The van der Waals surface area contributed by atoms with Crippen molar-refractivity contribution in [3.8, 4) is 0 Å². The van der Waals surface area contributed by atoms with Crippen molar-refractivity contribution in [2.75, 3.05) is 0 Å². The zero-order chi connectivity index (χ0) is 11.8. The summed E-state index contributed by atoms with van der Waals surface area (Å²) in [5.41, 5.74) is -0.889. The Balaban J connectivity index is 2.52. The highest BCUT2D eigenvalue weighted by Gasteiger charge is 2.18. The first-order chi connectivity index (χ1) is 7.46. The van der Waals surface area contributed by atoms with Crippen molar-refractivity contribution in [1.82, 2.24) is 19.9 Å². The maximum Gasteiger partial charge on any atom is 0.278 e. The first kappa shape index (κ1) is 10.7. The van der Waals surface area contributed by atoms with Crippen molar-refractivity contribution in [2.24, 2.45) is 0 Å². The van der Waals surface area contributed by atoms with Crippen molar-refractivity contribution in [3.63, 3.8) is 0 Å². The van der Waals surface area contributed by atoms with Gasteiger partial charge in [0.15, 0.2) is 11.2 Å². The highest BCUT2D eigenvalue weighted by atomic mass is 19.1. The molecular formula is C10H11FN4O. The number of hydrogen-bond acceptors (Lipinski definition) is 4. The van der Waals surface area contributed by atoms with E-state index in [1.54, 1.807) is 0 Å². The van der Waals surface area contributed by atoms with E-state index in [4.69, 9.17) is 0 Å². The van der Waals surface area contributed by atoms with Crippen LogP contribution in [0.15, 0.2) is 17.3 Å². The van der Waals surface area contributed by atoms with Gasteiger partial charge in [0, 0.05) is 6.42 Å². The largest absolute Gasteiger partial charge is 0.311 e. The minimum Gasteiger partial charge on any atom is -0.311 e. The van der Waals surface area contributed by atoms with Crippen LogP contribution in [-0.4, -0.2) is 25.6 Å². The molecule has 2 heterocycles. The molecule has 0 saturated carbocycles. The van der Waals surface area contributed by atoms with Gasteiger partial charge >= 0.3 is 0 Å². The second-order valence-electron chi connectivity index (χ2n) is 4.16. The molecule has 2 aromatic heterocycles. The molecule has 6 heteroatoms. The molecule has 0 fully saturated rings. The number of fused-ring (bicyclic) bond motifs is 1. The molecule has 1 N–H and O–H groups in total. The maximum absolute atomic E-state index is 13.4. The molecule has 0 saturated heterocycles. The second-order valence-corrected chi connectivity index (χ2v) is 4.16. The summed E-state index contributed by atoms with van der Waals surface area (Å²) in [4.78, 5) is 25.7. The molecule has 0 atom stereocenters. The molecule has 5 nitrogen and oxygen atoms in total. The van der Waals surface area contributed by atoms with E-state index in [2.05, 4.69) is 19.9 Å². The molecule has 16 heavy (non-hydrogen) atoms. The fourth-order valence-corrected chi connectivity index (χ4v) is 1.40. The van der Waals surface area contributed by atoms with Gasteiger partial charge in [-0.25, -0.2) is 19.3 Å². The van der Waals surface area contributed by atoms with Gasteiger partial charge in [-0.05, 0) is 13.8 Å². The third kappa shape index (κ3) is 2.21. The average Bonchev–Trinajstić information content (AvgIpc) is 2.17. The zero-order valence-electron chi connectivity index (χ0n) is 8.99. The van der Waals surface area contributed by atoms with Gasteiger partial charge in [0.1, 0.15) is 5.67 Å². The van der Waals surface area contributed by atoms with Gasteiger partial charge in [-0.3, -0.25) is 4.79 Å². The average molecular weight is 222 g/mol. The van der Waals surface area contributed by atoms with Gasteiger partial charge in [0.25, 0.3) is 5.56 Å². The van der Waals surface area contributed by atoms with E-state index < -0.39 is 5.67 Å². The monoisotopic (exact) mass is 222 g/mol. The van der Waals surface area contributed by atoms with E-state index in [1.165, 1.54) is 26.4 Å². The number of H-pyrrole nitrogens is 1. The van der Waals surface area contributed by atoms with Crippen LogP contribution >= 0.6 is 0 Å². The summed E-state index contributed by atoms with van der Waals surface area (Å²) in [6, 6.07) is 0. The number of hydrogen-bond donors (Lipinski definition) is 1. The molecule has 0 aromatic carbocycles. The molecule has 2 rings (SSSR count). The zero-order valence-corrected chi connectivity index (χ0v) is 8.99. The fourth-order valence-electron chi connectivity index (χ4n) is 1.40. The molecule has 0 aliphatic carbocycles. The van der Waals surface area contributed by atoms with Gasteiger partial charge in [-0.2, -0.15) is 0 Å². The third-order valence-electron chi connectivity index (χ3n) is 2.00. The van der Waals surface area contributed by atoms with E-state index in [9.17, 15) is 9.18 Å². The van der Waals surface area contributed by atoms with Gasteiger partial charge in [0.2, 0.25) is 0 Å². The van der Waals surface area contributed by atoms with Crippen molar-refractivity contribution in [2.45, 2.75) is 25.9 Å². The standard InChI is InChI=1S/C10H11FN4O/c1-10(2,11)3-6-4-12-8-7(15-6)9(16)14-5-13-8/h4-5H,3H2,1-2H3,(H,12,13,14,16). The first-order valence-corrected chi connectivity index (χ1v) is 4.84. The third-order valence-corrected chi connectivity index (χ3v) is 2.00. The molecule has 0 radical (unpaired) electrons. The first-order valence-electron chi connectivity index (χ1n) is 4.84. The Morgan fingerprint density at radius 3 is 2.88 bits per heavy atom. The van der Waals surface area contributed by atoms with Gasteiger partial charge in [-0.1, -0.05) is 0 Å². The summed E-state index contributed by atoms with van der Waals surface area (Å²) in [6.45, 7) is 2.90. The molecule has 84 valence electrons. The number of nitrogens with zero attached hydrogens (tertiary/aromatic N) is 3. The minimum absolute atomic E-state index is 0.115. The van der Waals surface area contributed by atoms with E-state index in [-0.39, 0.29) is 23.1 Å².